The van der Waals surface area contributed by atoms with Gasteiger partial charge in [0, 0.05) is 42.9 Å². The zero-order chi connectivity index (χ0) is 21.2. The lowest BCUT2D eigenvalue weighted by Crippen LogP contribution is -2.62. The molecule has 3 rings (SSSR count). The van der Waals surface area contributed by atoms with Gasteiger partial charge < -0.3 is 24.8 Å². The molecular weight excluding hydrogens is 370 g/mol. The lowest BCUT2D eigenvalue weighted by atomic mass is 9.79. The second-order valence-corrected chi connectivity index (χ2v) is 8.94. The second kappa shape index (κ2) is 8.12. The van der Waals surface area contributed by atoms with Crippen LogP contribution >= 0.6 is 0 Å². The van der Waals surface area contributed by atoms with Crippen molar-refractivity contribution in [1.82, 2.24) is 20.5 Å². The molecule has 8 nitrogen and oxygen atoms in total. The molecule has 0 bridgehead atoms. The van der Waals surface area contributed by atoms with E-state index in [1.165, 1.54) is 13.2 Å². The van der Waals surface area contributed by atoms with Gasteiger partial charge in [0.15, 0.2) is 6.79 Å². The lowest BCUT2D eigenvalue weighted by Gasteiger charge is -2.48. The summed E-state index contributed by atoms with van der Waals surface area (Å²) in [6, 6.07) is 5.14. The number of aromatic hydroxyl groups is 1. The van der Waals surface area contributed by atoms with Crippen LogP contribution in [-0.4, -0.2) is 58.4 Å². The lowest BCUT2D eigenvalue weighted by molar-refractivity contribution is 0.0514. The Balaban J connectivity index is 1.82. The number of nitrogens with one attached hydrogen (secondary N) is 1. The Kier molecular flexibility index (Phi) is 5.95. The number of hydrogen-bond donors (Lipinski definition) is 2. The highest BCUT2D eigenvalue weighted by molar-refractivity contribution is 5.67. The summed E-state index contributed by atoms with van der Waals surface area (Å²) >= 11 is 0. The van der Waals surface area contributed by atoms with Gasteiger partial charge in [-0.3, -0.25) is 0 Å². The zero-order valence-corrected chi connectivity index (χ0v) is 18.1. The molecule has 0 saturated carbocycles. The normalized spacial score (nSPS) is 18.4. The van der Waals surface area contributed by atoms with Crippen molar-refractivity contribution in [3.05, 3.63) is 24.4 Å². The highest BCUT2D eigenvalue weighted by Crippen LogP contribution is 2.34. The van der Waals surface area contributed by atoms with Gasteiger partial charge in [0.2, 0.25) is 5.95 Å². The maximum absolute atomic E-state index is 9.75. The summed E-state index contributed by atoms with van der Waals surface area (Å²) in [5, 5.41) is 22.2. The molecule has 1 saturated heterocycles. The molecule has 29 heavy (non-hydrogen) atoms. The molecule has 1 aliphatic rings. The largest absolute Gasteiger partial charge is 0.508 e. The third kappa shape index (κ3) is 5.13. The Morgan fingerprint density at radius 2 is 1.86 bits per heavy atom. The van der Waals surface area contributed by atoms with E-state index in [2.05, 4.69) is 53.1 Å². The molecule has 2 heterocycles. The van der Waals surface area contributed by atoms with Crippen LogP contribution in [0.1, 0.15) is 40.5 Å². The van der Waals surface area contributed by atoms with Gasteiger partial charge in [0.1, 0.15) is 17.2 Å². The number of rotatable bonds is 6. The number of anilines is 1. The predicted molar refractivity (Wildman–Crippen MR) is 112 cm³/mol. The van der Waals surface area contributed by atoms with Gasteiger partial charge in [-0.25, -0.2) is 4.98 Å². The van der Waals surface area contributed by atoms with Crippen LogP contribution in [-0.2, 0) is 4.74 Å². The summed E-state index contributed by atoms with van der Waals surface area (Å²) in [6.45, 7) is 8.97. The molecule has 0 unspecified atom stereocenters. The third-order valence-electron chi connectivity index (χ3n) is 5.15. The zero-order valence-electron chi connectivity index (χ0n) is 18.1. The number of piperidine rings is 1. The highest BCUT2D eigenvalue weighted by Gasteiger charge is 2.39. The van der Waals surface area contributed by atoms with Gasteiger partial charge in [0.05, 0.1) is 6.20 Å². The van der Waals surface area contributed by atoms with E-state index in [4.69, 9.17) is 9.47 Å². The molecule has 1 aromatic heterocycles. The molecule has 1 aliphatic heterocycles. The van der Waals surface area contributed by atoms with Crippen molar-refractivity contribution in [2.75, 3.05) is 25.9 Å². The first-order valence-corrected chi connectivity index (χ1v) is 9.77. The van der Waals surface area contributed by atoms with E-state index in [0.717, 1.165) is 12.8 Å². The number of phenolic OH excluding ortho intramolecular Hbond substituents is 1. The molecule has 158 valence electrons. The Bertz CT molecular complexity index is 823. The standard InChI is InChI=1S/C21H31N5O3/c1-20(2)10-14(11-21(3,4)25-20)26(5)19-22-12-17(23-24-19)16-8-7-15(27)9-18(16)29-13-28-6/h7-9,12,14,25,27H,10-11,13H2,1-6H3. The summed E-state index contributed by atoms with van der Waals surface area (Å²) in [7, 11) is 3.56. The summed E-state index contributed by atoms with van der Waals surface area (Å²) in [6.07, 6.45) is 3.66. The van der Waals surface area contributed by atoms with Crippen LogP contribution in [0, 0.1) is 0 Å². The average molecular weight is 402 g/mol. The van der Waals surface area contributed by atoms with Gasteiger partial charge in [-0.2, -0.15) is 0 Å². The first kappa shape index (κ1) is 21.3. The third-order valence-corrected chi connectivity index (χ3v) is 5.15. The van der Waals surface area contributed by atoms with Crippen LogP contribution in [0.5, 0.6) is 11.5 Å². The van der Waals surface area contributed by atoms with Gasteiger partial charge in [-0.15, -0.1) is 10.2 Å². The SMILES string of the molecule is COCOc1cc(O)ccc1-c1cnc(N(C)C2CC(C)(C)NC(C)(C)C2)nn1. The van der Waals surface area contributed by atoms with Crippen molar-refractivity contribution in [1.29, 1.82) is 0 Å². The molecule has 0 amide bonds. The van der Waals surface area contributed by atoms with Crippen LogP contribution in [0.15, 0.2) is 24.4 Å². The fourth-order valence-corrected chi connectivity index (χ4v) is 4.22. The maximum Gasteiger partial charge on any atom is 0.245 e. The van der Waals surface area contributed by atoms with E-state index >= 15 is 0 Å². The number of phenols is 1. The molecule has 0 spiro atoms. The second-order valence-electron chi connectivity index (χ2n) is 8.94. The van der Waals surface area contributed by atoms with E-state index in [0.29, 0.717) is 29.0 Å². The van der Waals surface area contributed by atoms with Crippen LogP contribution in [0.2, 0.25) is 0 Å². The Morgan fingerprint density at radius 3 is 2.45 bits per heavy atom. The van der Waals surface area contributed by atoms with Crippen molar-refractivity contribution < 1.29 is 14.6 Å². The van der Waals surface area contributed by atoms with Gasteiger partial charge in [-0.05, 0) is 52.7 Å². The summed E-state index contributed by atoms with van der Waals surface area (Å²) in [5.41, 5.74) is 1.33. The fraction of sp³-hybridized carbons (Fsp3) is 0.571. The number of methoxy groups -OCH3 is 1. The summed E-state index contributed by atoms with van der Waals surface area (Å²) in [5.74, 6) is 1.16. The molecule has 0 radical (unpaired) electrons. The monoisotopic (exact) mass is 401 g/mol. The fourth-order valence-electron chi connectivity index (χ4n) is 4.22. The number of aromatic nitrogens is 3. The average Bonchev–Trinajstić information content (AvgIpc) is 2.63. The van der Waals surface area contributed by atoms with Crippen molar-refractivity contribution in [3.8, 4) is 22.8 Å². The van der Waals surface area contributed by atoms with E-state index in [1.54, 1.807) is 18.3 Å². The molecule has 0 atom stereocenters. The number of nitrogens with zero attached hydrogens (tertiary/aromatic N) is 4. The summed E-state index contributed by atoms with van der Waals surface area (Å²) in [4.78, 5) is 6.66. The van der Waals surface area contributed by atoms with Crippen LogP contribution in [0.25, 0.3) is 11.3 Å². The quantitative estimate of drug-likeness (QED) is 0.714. The van der Waals surface area contributed by atoms with Crippen molar-refractivity contribution >= 4 is 5.95 Å². The molecule has 0 aliphatic carbocycles. The van der Waals surface area contributed by atoms with E-state index < -0.39 is 0 Å². The van der Waals surface area contributed by atoms with E-state index in [1.807, 2.05) is 7.05 Å². The minimum Gasteiger partial charge on any atom is -0.508 e. The molecule has 1 fully saturated rings. The first-order valence-electron chi connectivity index (χ1n) is 9.77. The van der Waals surface area contributed by atoms with E-state index in [-0.39, 0.29) is 23.6 Å². The van der Waals surface area contributed by atoms with Crippen LogP contribution in [0.4, 0.5) is 5.95 Å². The van der Waals surface area contributed by atoms with Gasteiger partial charge in [-0.1, -0.05) is 0 Å². The predicted octanol–water partition coefficient (Wildman–Crippen LogP) is 2.97. The first-order chi connectivity index (χ1) is 13.6. The van der Waals surface area contributed by atoms with Crippen molar-refractivity contribution in [2.45, 2.75) is 57.7 Å². The molecule has 2 aromatic rings. The minimum atomic E-state index is 0.0354. The summed E-state index contributed by atoms with van der Waals surface area (Å²) < 4.78 is 10.5. The Labute approximate surface area is 172 Å². The molecule has 2 N–H and O–H groups in total. The number of hydrogen-bond acceptors (Lipinski definition) is 8. The molecule has 8 heteroatoms. The number of benzene rings is 1. The van der Waals surface area contributed by atoms with Crippen molar-refractivity contribution in [3.63, 3.8) is 0 Å². The minimum absolute atomic E-state index is 0.0354. The highest BCUT2D eigenvalue weighted by atomic mass is 16.7. The van der Waals surface area contributed by atoms with E-state index in [9.17, 15) is 5.11 Å². The molecular formula is C21H31N5O3. The van der Waals surface area contributed by atoms with Gasteiger partial charge in [0.25, 0.3) is 0 Å². The Hall–Kier alpha value is -2.45. The van der Waals surface area contributed by atoms with Gasteiger partial charge >= 0.3 is 0 Å². The maximum atomic E-state index is 9.75. The van der Waals surface area contributed by atoms with Crippen LogP contribution in [0.3, 0.4) is 0 Å². The topological polar surface area (TPSA) is 92.6 Å². The number of ether oxygens (including phenoxy) is 2. The molecule has 1 aromatic carbocycles. The Morgan fingerprint density at radius 1 is 1.17 bits per heavy atom. The smallest absolute Gasteiger partial charge is 0.245 e. The van der Waals surface area contributed by atoms with Crippen molar-refractivity contribution in [2.24, 2.45) is 0 Å². The van der Waals surface area contributed by atoms with Crippen LogP contribution < -0.4 is 15.0 Å².